The van der Waals surface area contributed by atoms with Crippen LogP contribution in [0.25, 0.3) is 0 Å². The molecule has 106 valence electrons. The standard InChI is InChI=1S/C14H13F3N2O/c1-9-10(8-18)2-7-13(19-9)20-12-5-3-11(4-6-12)14(15,16)17/h2-7H,8,18H2,1H3. The average molecular weight is 282 g/mol. The minimum atomic E-state index is -4.35. The lowest BCUT2D eigenvalue weighted by atomic mass is 10.2. The van der Waals surface area contributed by atoms with E-state index in [1.807, 2.05) is 0 Å². The van der Waals surface area contributed by atoms with Crippen molar-refractivity contribution in [2.45, 2.75) is 19.6 Å². The zero-order valence-corrected chi connectivity index (χ0v) is 10.7. The summed E-state index contributed by atoms with van der Waals surface area (Å²) in [6.07, 6.45) is -4.35. The number of halogens is 3. The molecule has 0 bridgehead atoms. The normalized spacial score (nSPS) is 11.4. The van der Waals surface area contributed by atoms with Gasteiger partial charge in [-0.2, -0.15) is 13.2 Å². The third-order valence-corrected chi connectivity index (χ3v) is 2.79. The molecule has 3 nitrogen and oxygen atoms in total. The first kappa shape index (κ1) is 14.3. The number of aromatic nitrogens is 1. The summed E-state index contributed by atoms with van der Waals surface area (Å²) in [6.45, 7) is 2.17. The highest BCUT2D eigenvalue weighted by Gasteiger charge is 2.30. The minimum Gasteiger partial charge on any atom is -0.439 e. The molecular weight excluding hydrogens is 269 g/mol. The molecule has 0 aliphatic heterocycles. The highest BCUT2D eigenvalue weighted by molar-refractivity contribution is 5.33. The molecule has 0 unspecified atom stereocenters. The summed E-state index contributed by atoms with van der Waals surface area (Å²) >= 11 is 0. The largest absolute Gasteiger partial charge is 0.439 e. The van der Waals surface area contributed by atoms with Gasteiger partial charge in [-0.3, -0.25) is 0 Å². The van der Waals surface area contributed by atoms with Crippen LogP contribution in [0.3, 0.4) is 0 Å². The first-order chi connectivity index (χ1) is 9.40. The van der Waals surface area contributed by atoms with Crippen molar-refractivity contribution in [3.05, 3.63) is 53.2 Å². The number of ether oxygens (including phenoxy) is 1. The molecule has 0 amide bonds. The summed E-state index contributed by atoms with van der Waals surface area (Å²) in [7, 11) is 0. The summed E-state index contributed by atoms with van der Waals surface area (Å²) in [5, 5.41) is 0. The second kappa shape index (κ2) is 5.50. The fourth-order valence-electron chi connectivity index (χ4n) is 1.67. The van der Waals surface area contributed by atoms with E-state index in [2.05, 4.69) is 4.98 Å². The maximum Gasteiger partial charge on any atom is 0.416 e. The molecule has 0 atom stereocenters. The van der Waals surface area contributed by atoms with Crippen molar-refractivity contribution in [3.63, 3.8) is 0 Å². The zero-order chi connectivity index (χ0) is 14.8. The number of nitrogens with two attached hydrogens (primary N) is 1. The van der Waals surface area contributed by atoms with Gasteiger partial charge in [0.2, 0.25) is 5.88 Å². The lowest BCUT2D eigenvalue weighted by Gasteiger charge is -2.09. The predicted molar refractivity (Wildman–Crippen MR) is 68.4 cm³/mol. The van der Waals surface area contributed by atoms with Crippen LogP contribution in [0.1, 0.15) is 16.8 Å². The van der Waals surface area contributed by atoms with E-state index in [0.717, 1.165) is 23.4 Å². The van der Waals surface area contributed by atoms with Crippen molar-refractivity contribution in [1.29, 1.82) is 0 Å². The molecule has 6 heteroatoms. The van der Waals surface area contributed by atoms with E-state index in [0.29, 0.717) is 18.2 Å². The summed E-state index contributed by atoms with van der Waals surface area (Å²) in [6, 6.07) is 7.87. The van der Waals surface area contributed by atoms with Crippen molar-refractivity contribution >= 4 is 0 Å². The summed E-state index contributed by atoms with van der Waals surface area (Å²) in [5.74, 6) is 0.616. The lowest BCUT2D eigenvalue weighted by molar-refractivity contribution is -0.137. The van der Waals surface area contributed by atoms with Gasteiger partial charge in [0, 0.05) is 18.3 Å². The van der Waals surface area contributed by atoms with Gasteiger partial charge in [-0.25, -0.2) is 4.98 Å². The van der Waals surface area contributed by atoms with Gasteiger partial charge in [0.1, 0.15) is 5.75 Å². The number of benzene rings is 1. The minimum absolute atomic E-state index is 0.297. The smallest absolute Gasteiger partial charge is 0.416 e. The molecule has 0 spiro atoms. The molecule has 2 N–H and O–H groups in total. The first-order valence-corrected chi connectivity index (χ1v) is 5.92. The van der Waals surface area contributed by atoms with E-state index < -0.39 is 11.7 Å². The van der Waals surface area contributed by atoms with Gasteiger partial charge in [0.25, 0.3) is 0 Å². The Morgan fingerprint density at radius 1 is 1.10 bits per heavy atom. The molecule has 0 aliphatic rings. The van der Waals surface area contributed by atoms with Crippen LogP contribution in [0.4, 0.5) is 13.2 Å². The van der Waals surface area contributed by atoms with Crippen molar-refractivity contribution in [1.82, 2.24) is 4.98 Å². The Labute approximate surface area is 114 Å². The molecule has 20 heavy (non-hydrogen) atoms. The first-order valence-electron chi connectivity index (χ1n) is 5.92. The molecule has 1 aromatic heterocycles. The molecule has 0 saturated carbocycles. The van der Waals surface area contributed by atoms with Gasteiger partial charge >= 0.3 is 6.18 Å². The van der Waals surface area contributed by atoms with Gasteiger partial charge in [0.15, 0.2) is 0 Å². The molecule has 1 heterocycles. The summed E-state index contributed by atoms with van der Waals surface area (Å²) in [4.78, 5) is 4.19. The Kier molecular flexibility index (Phi) is 3.94. The Morgan fingerprint density at radius 2 is 1.75 bits per heavy atom. The Morgan fingerprint density at radius 3 is 2.25 bits per heavy atom. The molecule has 0 radical (unpaired) electrons. The Bertz CT molecular complexity index is 594. The van der Waals surface area contributed by atoms with Crippen LogP contribution < -0.4 is 10.5 Å². The van der Waals surface area contributed by atoms with Crippen molar-refractivity contribution < 1.29 is 17.9 Å². The van der Waals surface area contributed by atoms with Crippen molar-refractivity contribution in [2.75, 3.05) is 0 Å². The fourth-order valence-corrected chi connectivity index (χ4v) is 1.67. The number of aryl methyl sites for hydroxylation is 1. The van der Waals surface area contributed by atoms with Gasteiger partial charge in [-0.05, 0) is 36.8 Å². The number of rotatable bonds is 3. The van der Waals surface area contributed by atoms with Crippen LogP contribution in [0.2, 0.25) is 0 Å². The van der Waals surface area contributed by atoms with Gasteiger partial charge in [0.05, 0.1) is 5.56 Å². The summed E-state index contributed by atoms with van der Waals surface area (Å²) in [5.41, 5.74) is 6.43. The quantitative estimate of drug-likeness (QED) is 0.934. The molecular formula is C14H13F3N2O. The highest BCUT2D eigenvalue weighted by Crippen LogP contribution is 2.31. The van der Waals surface area contributed by atoms with E-state index in [-0.39, 0.29) is 0 Å². The predicted octanol–water partition coefficient (Wildman–Crippen LogP) is 3.66. The van der Waals surface area contributed by atoms with Crippen molar-refractivity contribution in [2.24, 2.45) is 5.73 Å². The monoisotopic (exact) mass is 282 g/mol. The summed E-state index contributed by atoms with van der Waals surface area (Å²) < 4.78 is 42.7. The number of hydrogen-bond donors (Lipinski definition) is 1. The van der Waals surface area contributed by atoms with Crippen LogP contribution in [-0.4, -0.2) is 4.98 Å². The van der Waals surface area contributed by atoms with E-state index in [1.165, 1.54) is 12.1 Å². The highest BCUT2D eigenvalue weighted by atomic mass is 19.4. The average Bonchev–Trinajstić information content (AvgIpc) is 2.38. The van der Waals surface area contributed by atoms with Crippen LogP contribution >= 0.6 is 0 Å². The number of nitrogens with zero attached hydrogens (tertiary/aromatic N) is 1. The van der Waals surface area contributed by atoms with Crippen LogP contribution in [0.5, 0.6) is 11.6 Å². The molecule has 2 rings (SSSR count). The maximum atomic E-state index is 12.4. The molecule has 0 fully saturated rings. The zero-order valence-electron chi connectivity index (χ0n) is 10.7. The molecule has 0 saturated heterocycles. The topological polar surface area (TPSA) is 48.1 Å². The lowest BCUT2D eigenvalue weighted by Crippen LogP contribution is -2.04. The maximum absolute atomic E-state index is 12.4. The van der Waals surface area contributed by atoms with Crippen LogP contribution in [0.15, 0.2) is 36.4 Å². The van der Waals surface area contributed by atoms with E-state index in [4.69, 9.17) is 10.5 Å². The Hall–Kier alpha value is -2.08. The number of pyridine rings is 1. The number of alkyl halides is 3. The van der Waals surface area contributed by atoms with Crippen molar-refractivity contribution in [3.8, 4) is 11.6 Å². The Balaban J connectivity index is 2.16. The second-order valence-corrected chi connectivity index (χ2v) is 4.22. The van der Waals surface area contributed by atoms with Gasteiger partial charge < -0.3 is 10.5 Å². The van der Waals surface area contributed by atoms with Crippen LogP contribution in [-0.2, 0) is 12.7 Å². The fraction of sp³-hybridized carbons (Fsp3) is 0.214. The van der Waals surface area contributed by atoms with Gasteiger partial charge in [-0.15, -0.1) is 0 Å². The SMILES string of the molecule is Cc1nc(Oc2ccc(C(F)(F)F)cc2)ccc1CN. The van der Waals surface area contributed by atoms with E-state index >= 15 is 0 Å². The van der Waals surface area contributed by atoms with E-state index in [9.17, 15) is 13.2 Å². The molecule has 0 aliphatic carbocycles. The molecule has 1 aromatic carbocycles. The van der Waals surface area contributed by atoms with Crippen LogP contribution in [0, 0.1) is 6.92 Å². The van der Waals surface area contributed by atoms with Gasteiger partial charge in [-0.1, -0.05) is 6.07 Å². The van der Waals surface area contributed by atoms with E-state index in [1.54, 1.807) is 19.1 Å². The second-order valence-electron chi connectivity index (χ2n) is 4.22. The third-order valence-electron chi connectivity index (χ3n) is 2.79. The molecule has 2 aromatic rings. The number of hydrogen-bond acceptors (Lipinski definition) is 3. The third kappa shape index (κ3) is 3.27.